The van der Waals surface area contributed by atoms with Crippen molar-refractivity contribution in [3.05, 3.63) is 41.5 Å². The van der Waals surface area contributed by atoms with Crippen LogP contribution in [0.1, 0.15) is 24.0 Å². The Labute approximate surface area is 126 Å². The molecule has 1 aromatic rings. The van der Waals surface area contributed by atoms with Gasteiger partial charge in [0.25, 0.3) is 0 Å². The number of methoxy groups -OCH3 is 2. The van der Waals surface area contributed by atoms with Crippen molar-refractivity contribution in [3.8, 4) is 5.75 Å². The van der Waals surface area contributed by atoms with Crippen molar-refractivity contribution in [2.45, 2.75) is 30.9 Å². The topological polar surface area (TPSA) is 21.7 Å². The van der Waals surface area contributed by atoms with E-state index in [0.29, 0.717) is 5.92 Å². The Kier molecular flexibility index (Phi) is 3.09. The van der Waals surface area contributed by atoms with E-state index in [1.807, 2.05) is 7.11 Å². The van der Waals surface area contributed by atoms with Crippen LogP contribution in [0, 0.1) is 5.92 Å². The molecule has 0 radical (unpaired) electrons. The van der Waals surface area contributed by atoms with Gasteiger partial charge in [0.15, 0.2) is 0 Å². The second-order valence-electron chi connectivity index (χ2n) is 6.44. The first-order valence-corrected chi connectivity index (χ1v) is 7.91. The highest BCUT2D eigenvalue weighted by molar-refractivity contribution is 5.45. The van der Waals surface area contributed by atoms with E-state index in [2.05, 4.69) is 35.3 Å². The van der Waals surface area contributed by atoms with Crippen molar-refractivity contribution in [2.24, 2.45) is 5.92 Å². The van der Waals surface area contributed by atoms with Crippen LogP contribution in [0.2, 0.25) is 0 Å². The van der Waals surface area contributed by atoms with Crippen molar-refractivity contribution in [1.29, 1.82) is 0 Å². The van der Waals surface area contributed by atoms with E-state index in [9.17, 15) is 0 Å². The summed E-state index contributed by atoms with van der Waals surface area (Å²) in [5, 5.41) is 0. The monoisotopic (exact) mass is 285 g/mol. The molecule has 21 heavy (non-hydrogen) atoms. The maximum absolute atomic E-state index is 5.67. The normalized spacial score (nSPS) is 34.2. The molecule has 3 heteroatoms. The molecule has 0 bridgehead atoms. The highest BCUT2D eigenvalue weighted by Gasteiger charge is 2.53. The summed E-state index contributed by atoms with van der Waals surface area (Å²) in [4.78, 5) is 2.69. The lowest BCUT2D eigenvalue weighted by molar-refractivity contribution is 0.0204. The SMILES string of the molecule is COc1ccc2c(c1)[C@]13C[C@@H](OC)C=C[C@@H]1CCN3CC2. The molecule has 1 aromatic carbocycles. The molecule has 0 unspecified atom stereocenters. The van der Waals surface area contributed by atoms with Crippen LogP contribution in [0.4, 0.5) is 0 Å². The van der Waals surface area contributed by atoms with Crippen molar-refractivity contribution < 1.29 is 9.47 Å². The van der Waals surface area contributed by atoms with E-state index >= 15 is 0 Å². The van der Waals surface area contributed by atoms with Crippen molar-refractivity contribution in [1.82, 2.24) is 4.90 Å². The number of rotatable bonds is 2. The highest BCUT2D eigenvalue weighted by Crippen LogP contribution is 2.53. The Morgan fingerprint density at radius 2 is 2.10 bits per heavy atom. The Morgan fingerprint density at radius 3 is 2.90 bits per heavy atom. The molecule has 1 aliphatic carbocycles. The molecule has 112 valence electrons. The van der Waals surface area contributed by atoms with Gasteiger partial charge in [-0.05, 0) is 42.6 Å². The fraction of sp³-hybridized carbons (Fsp3) is 0.556. The van der Waals surface area contributed by atoms with Crippen LogP contribution in [0.5, 0.6) is 5.75 Å². The van der Waals surface area contributed by atoms with E-state index < -0.39 is 0 Å². The minimum Gasteiger partial charge on any atom is -0.497 e. The Hall–Kier alpha value is -1.32. The molecule has 4 rings (SSSR count). The van der Waals surface area contributed by atoms with Crippen LogP contribution in [-0.4, -0.2) is 38.3 Å². The molecule has 0 N–H and O–H groups in total. The first-order valence-electron chi connectivity index (χ1n) is 7.91. The third-order valence-corrected chi connectivity index (χ3v) is 5.70. The summed E-state index contributed by atoms with van der Waals surface area (Å²) < 4.78 is 11.2. The zero-order valence-electron chi connectivity index (χ0n) is 12.8. The van der Waals surface area contributed by atoms with Gasteiger partial charge in [0, 0.05) is 26.0 Å². The van der Waals surface area contributed by atoms with Crippen LogP contribution in [-0.2, 0) is 16.7 Å². The Morgan fingerprint density at radius 1 is 1.19 bits per heavy atom. The zero-order valence-corrected chi connectivity index (χ0v) is 12.8. The number of ether oxygens (including phenoxy) is 2. The number of nitrogens with zero attached hydrogens (tertiary/aromatic N) is 1. The van der Waals surface area contributed by atoms with E-state index in [-0.39, 0.29) is 11.6 Å². The summed E-state index contributed by atoms with van der Waals surface area (Å²) in [5.74, 6) is 1.58. The standard InChI is InChI=1S/C18H23NO2/c1-20-15-5-3-13-7-9-19-10-8-14-4-6-16(21-2)12-18(14,19)17(13)11-15/h3-6,11,14,16H,7-10,12H2,1-2H3/t14-,16+,18+/m1/s1. The van der Waals surface area contributed by atoms with Gasteiger partial charge >= 0.3 is 0 Å². The Balaban J connectivity index is 1.88. The van der Waals surface area contributed by atoms with Crippen LogP contribution in [0.15, 0.2) is 30.4 Å². The molecule has 3 atom stereocenters. The molecule has 3 aliphatic rings. The fourth-order valence-electron chi connectivity index (χ4n) is 4.65. The third-order valence-electron chi connectivity index (χ3n) is 5.70. The number of hydrogen-bond acceptors (Lipinski definition) is 3. The number of fused-ring (bicyclic) bond motifs is 1. The molecule has 0 saturated carbocycles. The molecule has 0 aromatic heterocycles. The van der Waals surface area contributed by atoms with Crippen molar-refractivity contribution in [3.63, 3.8) is 0 Å². The van der Waals surface area contributed by atoms with Gasteiger partial charge in [-0.25, -0.2) is 0 Å². The van der Waals surface area contributed by atoms with Crippen molar-refractivity contribution in [2.75, 3.05) is 27.3 Å². The van der Waals surface area contributed by atoms with Crippen LogP contribution >= 0.6 is 0 Å². The predicted octanol–water partition coefficient (Wildman–Crippen LogP) is 2.74. The molecular weight excluding hydrogens is 262 g/mol. The van der Waals surface area contributed by atoms with Crippen LogP contribution in [0.3, 0.4) is 0 Å². The summed E-state index contributed by atoms with van der Waals surface area (Å²) >= 11 is 0. The second kappa shape index (κ2) is 4.85. The second-order valence-corrected chi connectivity index (χ2v) is 6.44. The lowest BCUT2D eigenvalue weighted by Crippen LogP contribution is -2.52. The average molecular weight is 285 g/mol. The first-order chi connectivity index (χ1) is 10.3. The van der Waals surface area contributed by atoms with Crippen LogP contribution < -0.4 is 4.74 Å². The fourth-order valence-corrected chi connectivity index (χ4v) is 4.65. The summed E-state index contributed by atoms with van der Waals surface area (Å²) in [7, 11) is 3.57. The largest absolute Gasteiger partial charge is 0.497 e. The van der Waals surface area contributed by atoms with Gasteiger partial charge in [-0.2, -0.15) is 0 Å². The van der Waals surface area contributed by atoms with Gasteiger partial charge in [0.05, 0.1) is 18.8 Å². The quantitative estimate of drug-likeness (QED) is 0.780. The number of benzene rings is 1. The van der Waals surface area contributed by atoms with Gasteiger partial charge in [0.1, 0.15) is 5.75 Å². The lowest BCUT2D eigenvalue weighted by atomic mass is 9.68. The average Bonchev–Trinajstić information content (AvgIpc) is 2.93. The van der Waals surface area contributed by atoms with E-state index in [0.717, 1.165) is 18.6 Å². The van der Waals surface area contributed by atoms with E-state index in [1.54, 1.807) is 7.11 Å². The maximum Gasteiger partial charge on any atom is 0.119 e. The molecule has 1 spiro atoms. The minimum absolute atomic E-state index is 0.123. The summed E-state index contributed by atoms with van der Waals surface area (Å²) in [5.41, 5.74) is 3.09. The third kappa shape index (κ3) is 1.80. The molecule has 3 nitrogen and oxygen atoms in total. The predicted molar refractivity (Wildman–Crippen MR) is 82.6 cm³/mol. The van der Waals surface area contributed by atoms with Gasteiger partial charge in [-0.1, -0.05) is 18.2 Å². The highest BCUT2D eigenvalue weighted by atomic mass is 16.5. The first kappa shape index (κ1) is 13.4. The molecular formula is C18H23NO2. The lowest BCUT2D eigenvalue weighted by Gasteiger charge is -2.49. The zero-order chi connectivity index (χ0) is 14.4. The van der Waals surface area contributed by atoms with Gasteiger partial charge in [0.2, 0.25) is 0 Å². The molecule has 2 aliphatic heterocycles. The van der Waals surface area contributed by atoms with Gasteiger partial charge < -0.3 is 9.47 Å². The summed E-state index contributed by atoms with van der Waals surface area (Å²) in [6.45, 7) is 2.36. The van der Waals surface area contributed by atoms with Gasteiger partial charge in [-0.3, -0.25) is 4.90 Å². The van der Waals surface area contributed by atoms with Crippen molar-refractivity contribution >= 4 is 0 Å². The summed E-state index contributed by atoms with van der Waals surface area (Å²) in [6.07, 6.45) is 8.34. The maximum atomic E-state index is 5.67. The molecule has 0 amide bonds. The molecule has 1 fully saturated rings. The van der Waals surface area contributed by atoms with Gasteiger partial charge in [-0.15, -0.1) is 0 Å². The molecule has 1 saturated heterocycles. The van der Waals surface area contributed by atoms with E-state index in [4.69, 9.17) is 9.47 Å². The van der Waals surface area contributed by atoms with E-state index in [1.165, 1.54) is 30.6 Å². The molecule has 2 heterocycles. The van der Waals surface area contributed by atoms with Crippen LogP contribution in [0.25, 0.3) is 0 Å². The smallest absolute Gasteiger partial charge is 0.119 e. The minimum atomic E-state index is 0.123. The Bertz CT molecular complexity index is 583. The summed E-state index contributed by atoms with van der Waals surface area (Å²) in [6, 6.07) is 6.63. The number of hydrogen-bond donors (Lipinski definition) is 0.